The van der Waals surface area contributed by atoms with Gasteiger partial charge in [-0.3, -0.25) is 0 Å². The number of hydrogen-bond acceptors (Lipinski definition) is 3. The first-order valence-corrected chi connectivity index (χ1v) is 4.30. The van der Waals surface area contributed by atoms with E-state index in [4.69, 9.17) is 0 Å². The Balaban J connectivity index is 4.55. The van der Waals surface area contributed by atoms with Crippen LogP contribution in [-0.2, 0) is 4.79 Å². The summed E-state index contributed by atoms with van der Waals surface area (Å²) in [6.45, 7) is 6.20. The summed E-state index contributed by atoms with van der Waals surface area (Å²) in [5.41, 5.74) is 0.0233. The van der Waals surface area contributed by atoms with Crippen LogP contribution in [0.3, 0.4) is 0 Å². The van der Waals surface area contributed by atoms with Crippen molar-refractivity contribution in [2.24, 2.45) is 5.41 Å². The van der Waals surface area contributed by atoms with Gasteiger partial charge in [-0.25, -0.2) is 0 Å². The highest BCUT2D eigenvalue weighted by Gasteiger charge is 2.23. The molecule has 76 valence electrons. The summed E-state index contributed by atoms with van der Waals surface area (Å²) in [5.74, 6) is -1.14. The fourth-order valence-electron chi connectivity index (χ4n) is 1.41. The summed E-state index contributed by atoms with van der Waals surface area (Å²) >= 11 is 0. The summed E-state index contributed by atoms with van der Waals surface area (Å²) in [7, 11) is 3.85. The SMILES string of the molecule is CN(C)C(/C=C/C(=O)[O-])C(C)(C)C. The van der Waals surface area contributed by atoms with Crippen molar-refractivity contribution >= 4 is 5.97 Å². The van der Waals surface area contributed by atoms with Crippen LogP contribution in [0.15, 0.2) is 12.2 Å². The molecule has 1 unspecified atom stereocenters. The highest BCUT2D eigenvalue weighted by Crippen LogP contribution is 2.23. The highest BCUT2D eigenvalue weighted by molar-refractivity contribution is 5.77. The molecule has 0 N–H and O–H groups in total. The fourth-order valence-corrected chi connectivity index (χ4v) is 1.41. The standard InChI is InChI=1S/C10H19NO2/c1-10(2,3)8(11(4)5)6-7-9(12)13/h6-8H,1-5H3,(H,12,13)/p-1/b7-6+. The minimum atomic E-state index is -1.14. The molecule has 3 nitrogen and oxygen atoms in total. The molecule has 0 radical (unpaired) electrons. The number of aliphatic carboxylic acids is 1. The van der Waals surface area contributed by atoms with E-state index in [2.05, 4.69) is 20.8 Å². The fraction of sp³-hybridized carbons (Fsp3) is 0.700. The van der Waals surface area contributed by atoms with E-state index >= 15 is 0 Å². The van der Waals surface area contributed by atoms with E-state index in [1.807, 2.05) is 19.0 Å². The van der Waals surface area contributed by atoms with Crippen LogP contribution in [0, 0.1) is 5.41 Å². The van der Waals surface area contributed by atoms with E-state index < -0.39 is 5.97 Å². The summed E-state index contributed by atoms with van der Waals surface area (Å²) in [6.07, 6.45) is 2.76. The minimum absolute atomic E-state index is 0.0233. The molecule has 3 heteroatoms. The van der Waals surface area contributed by atoms with Crippen molar-refractivity contribution in [1.29, 1.82) is 0 Å². The van der Waals surface area contributed by atoms with Crippen molar-refractivity contribution in [2.75, 3.05) is 14.1 Å². The van der Waals surface area contributed by atoms with Crippen molar-refractivity contribution in [3.63, 3.8) is 0 Å². The molecule has 0 fully saturated rings. The van der Waals surface area contributed by atoms with Crippen molar-refractivity contribution < 1.29 is 9.90 Å². The van der Waals surface area contributed by atoms with E-state index in [9.17, 15) is 9.90 Å². The molecule has 0 rings (SSSR count). The van der Waals surface area contributed by atoms with E-state index in [1.165, 1.54) is 0 Å². The molecule has 0 bridgehead atoms. The molecule has 0 spiro atoms. The van der Waals surface area contributed by atoms with E-state index in [0.717, 1.165) is 6.08 Å². The largest absolute Gasteiger partial charge is 0.545 e. The number of rotatable bonds is 3. The molecular weight excluding hydrogens is 166 g/mol. The Bertz CT molecular complexity index is 201. The van der Waals surface area contributed by atoms with Gasteiger partial charge < -0.3 is 14.8 Å². The van der Waals surface area contributed by atoms with Gasteiger partial charge in [-0.15, -0.1) is 0 Å². The van der Waals surface area contributed by atoms with Crippen LogP contribution in [0.5, 0.6) is 0 Å². The van der Waals surface area contributed by atoms with Gasteiger partial charge in [-0.05, 0) is 25.6 Å². The zero-order valence-electron chi connectivity index (χ0n) is 9.00. The molecule has 0 aliphatic rings. The van der Waals surface area contributed by atoms with Crippen LogP contribution in [0.4, 0.5) is 0 Å². The second-order valence-corrected chi connectivity index (χ2v) is 4.45. The van der Waals surface area contributed by atoms with Gasteiger partial charge in [0, 0.05) is 6.04 Å². The Morgan fingerprint density at radius 1 is 1.38 bits per heavy atom. The third-order valence-corrected chi connectivity index (χ3v) is 1.86. The zero-order chi connectivity index (χ0) is 10.6. The maximum absolute atomic E-state index is 10.2. The number of carboxylic acid groups (broad SMARTS) is 1. The average molecular weight is 184 g/mol. The molecule has 0 aromatic heterocycles. The lowest BCUT2D eigenvalue weighted by atomic mass is 9.86. The Morgan fingerprint density at radius 2 is 1.85 bits per heavy atom. The third-order valence-electron chi connectivity index (χ3n) is 1.86. The first-order valence-electron chi connectivity index (χ1n) is 4.30. The highest BCUT2D eigenvalue weighted by atomic mass is 16.4. The molecule has 0 aliphatic heterocycles. The number of carbonyl (C=O) groups excluding carboxylic acids is 1. The summed E-state index contributed by atoms with van der Waals surface area (Å²) < 4.78 is 0. The van der Waals surface area contributed by atoms with Crippen LogP contribution in [0.1, 0.15) is 20.8 Å². The second kappa shape index (κ2) is 4.42. The lowest BCUT2D eigenvalue weighted by Crippen LogP contribution is -2.38. The zero-order valence-corrected chi connectivity index (χ0v) is 9.00. The van der Waals surface area contributed by atoms with Crippen LogP contribution >= 0.6 is 0 Å². The maximum Gasteiger partial charge on any atom is 0.0640 e. The molecular formula is C10H18NO2-. The predicted molar refractivity (Wildman–Crippen MR) is 51.1 cm³/mol. The first-order chi connectivity index (χ1) is 5.75. The van der Waals surface area contributed by atoms with Crippen LogP contribution < -0.4 is 5.11 Å². The normalized spacial score (nSPS) is 15.2. The number of carbonyl (C=O) groups is 1. The number of likely N-dealkylation sites (N-methyl/N-ethyl adjacent to an activating group) is 1. The van der Waals surface area contributed by atoms with Crippen molar-refractivity contribution in [3.8, 4) is 0 Å². The Morgan fingerprint density at radius 3 is 2.08 bits per heavy atom. The van der Waals surface area contributed by atoms with Crippen molar-refractivity contribution in [2.45, 2.75) is 26.8 Å². The van der Waals surface area contributed by atoms with Gasteiger partial charge in [0.15, 0.2) is 0 Å². The molecule has 0 aromatic carbocycles. The van der Waals surface area contributed by atoms with E-state index in [1.54, 1.807) is 6.08 Å². The van der Waals surface area contributed by atoms with Crippen molar-refractivity contribution in [1.82, 2.24) is 4.90 Å². The van der Waals surface area contributed by atoms with Gasteiger partial charge in [0.05, 0.1) is 5.97 Å². The molecule has 0 aliphatic carbocycles. The Labute approximate surface area is 80.0 Å². The number of hydrogen-bond donors (Lipinski definition) is 0. The smallest absolute Gasteiger partial charge is 0.0640 e. The van der Waals surface area contributed by atoms with Gasteiger partial charge in [0.2, 0.25) is 0 Å². The van der Waals surface area contributed by atoms with Gasteiger partial charge in [-0.2, -0.15) is 0 Å². The monoisotopic (exact) mass is 184 g/mol. The lowest BCUT2D eigenvalue weighted by molar-refractivity contribution is -0.297. The maximum atomic E-state index is 10.2. The summed E-state index contributed by atoms with van der Waals surface area (Å²) in [4.78, 5) is 12.2. The van der Waals surface area contributed by atoms with Gasteiger partial charge in [0.25, 0.3) is 0 Å². The molecule has 0 aromatic rings. The second-order valence-electron chi connectivity index (χ2n) is 4.45. The molecule has 0 saturated carbocycles. The van der Waals surface area contributed by atoms with Gasteiger partial charge in [-0.1, -0.05) is 26.8 Å². The topological polar surface area (TPSA) is 43.4 Å². The molecule has 0 saturated heterocycles. The van der Waals surface area contributed by atoms with Gasteiger partial charge >= 0.3 is 0 Å². The predicted octanol–water partition coefficient (Wildman–Crippen LogP) is 0.269. The number of nitrogens with zero attached hydrogens (tertiary/aromatic N) is 1. The van der Waals surface area contributed by atoms with E-state index in [-0.39, 0.29) is 11.5 Å². The molecule has 0 heterocycles. The van der Waals surface area contributed by atoms with Crippen LogP contribution in [0.25, 0.3) is 0 Å². The van der Waals surface area contributed by atoms with Gasteiger partial charge in [0.1, 0.15) is 0 Å². The third kappa shape index (κ3) is 4.68. The quantitative estimate of drug-likeness (QED) is 0.591. The molecule has 1 atom stereocenters. The average Bonchev–Trinajstić information content (AvgIpc) is 1.81. The van der Waals surface area contributed by atoms with Crippen molar-refractivity contribution in [3.05, 3.63) is 12.2 Å². The molecule has 0 amide bonds. The minimum Gasteiger partial charge on any atom is -0.545 e. The van der Waals surface area contributed by atoms with E-state index in [0.29, 0.717) is 0 Å². The Kier molecular flexibility index (Phi) is 4.14. The molecule has 13 heavy (non-hydrogen) atoms. The summed E-state index contributed by atoms with van der Waals surface area (Å²) in [5, 5.41) is 10.2. The lowest BCUT2D eigenvalue weighted by Gasteiger charge is -2.33. The van der Waals surface area contributed by atoms with Crippen LogP contribution in [0.2, 0.25) is 0 Å². The van der Waals surface area contributed by atoms with Crippen LogP contribution in [-0.4, -0.2) is 31.0 Å². The number of carboxylic acids is 1. The first kappa shape index (κ1) is 12.2. The summed E-state index contributed by atoms with van der Waals surface area (Å²) in [6, 6.07) is 0.102. The Hall–Kier alpha value is -0.830.